The van der Waals surface area contributed by atoms with Crippen LogP contribution in [0.2, 0.25) is 0 Å². The summed E-state index contributed by atoms with van der Waals surface area (Å²) < 4.78 is 11.6. The predicted octanol–water partition coefficient (Wildman–Crippen LogP) is 1.91. The molecule has 1 aliphatic rings. The number of carbonyl (C=O) groups is 1. The molecule has 0 saturated heterocycles. The highest BCUT2D eigenvalue weighted by molar-refractivity contribution is 9.10. The van der Waals surface area contributed by atoms with Crippen molar-refractivity contribution >= 4 is 27.5 Å². The van der Waals surface area contributed by atoms with Crippen LogP contribution < -0.4 is 15.0 Å². The molecule has 23 heavy (non-hydrogen) atoms. The largest absolute Gasteiger partial charge is 0.482 e. The van der Waals surface area contributed by atoms with Gasteiger partial charge in [0, 0.05) is 16.9 Å². The van der Waals surface area contributed by atoms with Gasteiger partial charge in [0.15, 0.2) is 12.4 Å². The van der Waals surface area contributed by atoms with Gasteiger partial charge in [-0.15, -0.1) is 0 Å². The molecule has 0 bridgehead atoms. The molecule has 1 atom stereocenters. The lowest BCUT2D eigenvalue weighted by Crippen LogP contribution is -2.38. The van der Waals surface area contributed by atoms with E-state index in [1.165, 1.54) is 0 Å². The van der Waals surface area contributed by atoms with Gasteiger partial charge in [0.1, 0.15) is 12.3 Å². The maximum absolute atomic E-state index is 12.2. The summed E-state index contributed by atoms with van der Waals surface area (Å²) in [7, 11) is 1.88. The fourth-order valence-corrected chi connectivity index (χ4v) is 2.64. The molecule has 0 spiro atoms. The van der Waals surface area contributed by atoms with E-state index in [2.05, 4.69) is 31.4 Å². The van der Waals surface area contributed by atoms with Crippen molar-refractivity contribution in [1.29, 1.82) is 0 Å². The minimum absolute atomic E-state index is 0.00123. The first kappa shape index (κ1) is 15.9. The maximum atomic E-state index is 12.2. The number of nitrogens with zero attached hydrogens (tertiary/aromatic N) is 3. The van der Waals surface area contributed by atoms with Crippen molar-refractivity contribution in [3.8, 4) is 5.75 Å². The number of halogens is 1. The van der Waals surface area contributed by atoms with E-state index in [-0.39, 0.29) is 25.1 Å². The van der Waals surface area contributed by atoms with Crippen LogP contribution in [0.5, 0.6) is 5.75 Å². The van der Waals surface area contributed by atoms with Crippen LogP contribution in [0.1, 0.15) is 18.6 Å². The van der Waals surface area contributed by atoms with Crippen molar-refractivity contribution in [1.82, 2.24) is 15.5 Å². The van der Waals surface area contributed by atoms with E-state index in [0.717, 1.165) is 4.47 Å². The average molecular weight is 381 g/mol. The molecular weight excluding hydrogens is 364 g/mol. The highest BCUT2D eigenvalue weighted by Gasteiger charge is 2.27. The molecule has 0 aliphatic carbocycles. The summed E-state index contributed by atoms with van der Waals surface area (Å²) in [6.45, 7) is 2.27. The number of hydrogen-bond donors (Lipinski definition) is 1. The Bertz CT molecular complexity index is 718. The van der Waals surface area contributed by atoms with Crippen LogP contribution in [0.4, 0.5) is 5.69 Å². The fourth-order valence-electron chi connectivity index (χ4n) is 2.30. The van der Waals surface area contributed by atoms with E-state index in [0.29, 0.717) is 29.6 Å². The van der Waals surface area contributed by atoms with E-state index in [1.807, 2.05) is 32.2 Å². The summed E-state index contributed by atoms with van der Waals surface area (Å²) in [4.78, 5) is 18.1. The van der Waals surface area contributed by atoms with Crippen molar-refractivity contribution in [2.45, 2.75) is 25.9 Å². The molecular formula is C15H17BrN4O3. The lowest BCUT2D eigenvalue weighted by Gasteiger charge is -2.28. The Hall–Kier alpha value is -1.93. The first-order valence-electron chi connectivity index (χ1n) is 7.28. The van der Waals surface area contributed by atoms with Crippen LogP contribution in [0.3, 0.4) is 0 Å². The summed E-state index contributed by atoms with van der Waals surface area (Å²) in [5, 5.41) is 7.08. The molecule has 1 aliphatic heterocycles. The van der Waals surface area contributed by atoms with E-state index in [4.69, 9.17) is 9.26 Å². The van der Waals surface area contributed by atoms with Crippen molar-refractivity contribution in [2.24, 2.45) is 0 Å². The molecule has 2 aromatic rings. The first-order valence-corrected chi connectivity index (χ1v) is 8.07. The minimum Gasteiger partial charge on any atom is -0.482 e. The van der Waals surface area contributed by atoms with Gasteiger partial charge in [-0.2, -0.15) is 4.98 Å². The van der Waals surface area contributed by atoms with Gasteiger partial charge in [0.2, 0.25) is 5.89 Å². The second-order valence-corrected chi connectivity index (χ2v) is 6.29. The van der Waals surface area contributed by atoms with Gasteiger partial charge in [-0.3, -0.25) is 9.69 Å². The van der Waals surface area contributed by atoms with Crippen LogP contribution in [0.15, 0.2) is 27.2 Å². The normalized spacial score (nSPS) is 15.3. The van der Waals surface area contributed by atoms with Crippen molar-refractivity contribution < 1.29 is 14.1 Å². The van der Waals surface area contributed by atoms with Gasteiger partial charge in [-0.1, -0.05) is 21.1 Å². The Labute approximate surface area is 142 Å². The third-order valence-electron chi connectivity index (χ3n) is 3.65. The van der Waals surface area contributed by atoms with Gasteiger partial charge >= 0.3 is 0 Å². The molecule has 1 unspecified atom stereocenters. The maximum Gasteiger partial charge on any atom is 0.265 e. The zero-order valence-electron chi connectivity index (χ0n) is 12.9. The Kier molecular flexibility index (Phi) is 4.63. The van der Waals surface area contributed by atoms with Crippen LogP contribution >= 0.6 is 15.9 Å². The topological polar surface area (TPSA) is 80.5 Å². The number of anilines is 1. The van der Waals surface area contributed by atoms with E-state index >= 15 is 0 Å². The SMILES string of the molecule is CNC(C)Cc1noc(CN2C(=O)COc3cc(Br)ccc32)n1. The Morgan fingerprint density at radius 1 is 1.48 bits per heavy atom. The quantitative estimate of drug-likeness (QED) is 0.853. The fraction of sp³-hybridized carbons (Fsp3) is 0.400. The number of carbonyl (C=O) groups excluding carboxylic acids is 1. The summed E-state index contributed by atoms with van der Waals surface area (Å²) in [6.07, 6.45) is 0.667. The van der Waals surface area contributed by atoms with Gasteiger partial charge < -0.3 is 14.6 Å². The number of ether oxygens (including phenoxy) is 1. The molecule has 0 saturated carbocycles. The smallest absolute Gasteiger partial charge is 0.265 e. The number of aromatic nitrogens is 2. The highest BCUT2D eigenvalue weighted by Crippen LogP contribution is 2.35. The second kappa shape index (κ2) is 6.67. The van der Waals surface area contributed by atoms with Gasteiger partial charge in [0.05, 0.1) is 5.69 Å². The van der Waals surface area contributed by atoms with Crippen LogP contribution in [-0.4, -0.2) is 35.7 Å². The number of likely N-dealkylation sites (N-methyl/N-ethyl adjacent to an activating group) is 1. The Morgan fingerprint density at radius 3 is 3.09 bits per heavy atom. The number of hydrogen-bond acceptors (Lipinski definition) is 6. The zero-order valence-corrected chi connectivity index (χ0v) is 14.5. The molecule has 0 fully saturated rings. The van der Waals surface area contributed by atoms with Gasteiger partial charge in [0.25, 0.3) is 5.91 Å². The third kappa shape index (κ3) is 3.53. The third-order valence-corrected chi connectivity index (χ3v) is 4.14. The van der Waals surface area contributed by atoms with Gasteiger partial charge in [-0.05, 0) is 32.2 Å². The van der Waals surface area contributed by atoms with Crippen LogP contribution in [0.25, 0.3) is 0 Å². The van der Waals surface area contributed by atoms with E-state index in [9.17, 15) is 4.79 Å². The van der Waals surface area contributed by atoms with Crippen LogP contribution in [-0.2, 0) is 17.8 Å². The van der Waals surface area contributed by atoms with E-state index < -0.39 is 0 Å². The summed E-state index contributed by atoms with van der Waals surface area (Å²) in [5.41, 5.74) is 0.702. The number of rotatable bonds is 5. The zero-order chi connectivity index (χ0) is 16.4. The summed E-state index contributed by atoms with van der Waals surface area (Å²) >= 11 is 3.40. The van der Waals surface area contributed by atoms with Gasteiger partial charge in [-0.25, -0.2) is 0 Å². The highest BCUT2D eigenvalue weighted by atomic mass is 79.9. The first-order chi connectivity index (χ1) is 11.1. The minimum atomic E-state index is -0.136. The van der Waals surface area contributed by atoms with Crippen molar-refractivity contribution in [3.05, 3.63) is 34.4 Å². The number of nitrogens with one attached hydrogen (secondary N) is 1. The molecule has 1 N–H and O–H groups in total. The molecule has 8 heteroatoms. The Morgan fingerprint density at radius 2 is 2.30 bits per heavy atom. The van der Waals surface area contributed by atoms with Crippen LogP contribution in [0, 0.1) is 0 Å². The summed E-state index contributed by atoms with van der Waals surface area (Å²) in [6, 6.07) is 5.78. The van der Waals surface area contributed by atoms with E-state index in [1.54, 1.807) is 4.90 Å². The monoisotopic (exact) mass is 380 g/mol. The Balaban J connectivity index is 1.79. The lowest BCUT2D eigenvalue weighted by molar-refractivity contribution is -0.121. The molecule has 1 amide bonds. The average Bonchev–Trinajstić information content (AvgIpc) is 2.97. The second-order valence-electron chi connectivity index (χ2n) is 5.38. The molecule has 3 rings (SSSR count). The molecule has 0 radical (unpaired) electrons. The molecule has 122 valence electrons. The summed E-state index contributed by atoms with van der Waals surface area (Å²) in [5.74, 6) is 1.55. The molecule has 1 aromatic carbocycles. The standard InChI is InChI=1S/C15H17BrN4O3/c1-9(17-2)5-13-18-14(23-19-13)7-20-11-4-3-10(16)6-12(11)22-8-15(20)21/h3-4,6,9,17H,5,7-8H2,1-2H3. The van der Waals surface area contributed by atoms with Crippen molar-refractivity contribution in [2.75, 3.05) is 18.6 Å². The molecule has 7 nitrogen and oxygen atoms in total. The van der Waals surface area contributed by atoms with Crippen molar-refractivity contribution in [3.63, 3.8) is 0 Å². The molecule has 1 aromatic heterocycles. The molecule has 2 heterocycles. The number of amides is 1. The predicted molar refractivity (Wildman–Crippen MR) is 87.4 cm³/mol. The lowest BCUT2D eigenvalue weighted by atomic mass is 10.2. The number of fused-ring (bicyclic) bond motifs is 1. The number of benzene rings is 1.